The van der Waals surface area contributed by atoms with Gasteiger partial charge < -0.3 is 24.6 Å². The van der Waals surface area contributed by atoms with Crippen molar-refractivity contribution in [3.05, 3.63) is 88.6 Å². The van der Waals surface area contributed by atoms with Crippen LogP contribution >= 0.6 is 11.6 Å². The molecule has 0 bridgehead atoms. The van der Waals surface area contributed by atoms with Gasteiger partial charge in [-0.3, -0.25) is 4.79 Å². The Balaban J connectivity index is 0.000000237. The normalized spacial score (nSPS) is 15.0. The molecule has 1 aromatic heterocycles. The summed E-state index contributed by atoms with van der Waals surface area (Å²) in [4.78, 5) is 19.5. The molecule has 1 aliphatic heterocycles. The van der Waals surface area contributed by atoms with Crippen LogP contribution in [-0.4, -0.2) is 81.5 Å². The number of halogens is 4. The van der Waals surface area contributed by atoms with Gasteiger partial charge in [-0.2, -0.15) is 13.2 Å². The number of nitrogens with zero attached hydrogens (tertiary/aromatic N) is 3. The SMILES string of the molecule is CNCCN1CCC(N(C)C)C1.COCc1ccccc1.O=Cc1cccnc1Oc1ccc(C(F)(F)F)cc1Cl. The molecule has 7 nitrogen and oxygen atoms in total. The minimum Gasteiger partial charge on any atom is -0.437 e. The van der Waals surface area contributed by atoms with Gasteiger partial charge in [0.05, 0.1) is 22.8 Å². The molecule has 0 saturated carbocycles. The van der Waals surface area contributed by atoms with E-state index in [4.69, 9.17) is 21.1 Å². The molecule has 11 heteroatoms. The Bertz CT molecular complexity index is 1180. The van der Waals surface area contributed by atoms with E-state index >= 15 is 0 Å². The summed E-state index contributed by atoms with van der Waals surface area (Å²) in [6.07, 6.45) is -1.24. The molecule has 2 heterocycles. The van der Waals surface area contributed by atoms with E-state index in [-0.39, 0.29) is 22.2 Å². The van der Waals surface area contributed by atoms with Gasteiger partial charge in [0.2, 0.25) is 5.88 Å². The molecule has 0 amide bonds. The number of carbonyl (C=O) groups is 1. The molecule has 224 valence electrons. The highest BCUT2D eigenvalue weighted by atomic mass is 35.5. The van der Waals surface area contributed by atoms with Crippen molar-refractivity contribution in [3.8, 4) is 11.6 Å². The summed E-state index contributed by atoms with van der Waals surface area (Å²) in [5.41, 5.74) is 0.509. The third-order valence-electron chi connectivity index (χ3n) is 6.20. The predicted octanol–water partition coefficient (Wildman–Crippen LogP) is 6.03. The number of ether oxygens (including phenoxy) is 2. The molecule has 3 aromatic rings. The number of alkyl halides is 3. The van der Waals surface area contributed by atoms with Gasteiger partial charge >= 0.3 is 6.18 Å². The first kappa shape index (κ1) is 34.2. The first-order chi connectivity index (χ1) is 19.6. The van der Waals surface area contributed by atoms with E-state index in [0.717, 1.165) is 30.8 Å². The quantitative estimate of drug-likeness (QED) is 0.303. The highest BCUT2D eigenvalue weighted by Crippen LogP contribution is 2.36. The maximum atomic E-state index is 12.5. The van der Waals surface area contributed by atoms with Crippen molar-refractivity contribution >= 4 is 17.9 Å². The molecule has 1 aliphatic rings. The molecule has 4 rings (SSSR count). The molecule has 0 spiro atoms. The smallest absolute Gasteiger partial charge is 0.416 e. The van der Waals surface area contributed by atoms with Gasteiger partial charge in [-0.1, -0.05) is 41.9 Å². The van der Waals surface area contributed by atoms with Crippen LogP contribution in [0.2, 0.25) is 5.02 Å². The van der Waals surface area contributed by atoms with Crippen LogP contribution in [0.25, 0.3) is 0 Å². The molecular weight excluding hydrogens is 557 g/mol. The molecular formula is C30H38ClF3N4O3. The zero-order valence-electron chi connectivity index (χ0n) is 23.8. The number of aldehydes is 1. The van der Waals surface area contributed by atoms with Gasteiger partial charge in [-0.15, -0.1) is 0 Å². The molecule has 1 unspecified atom stereocenters. The highest BCUT2D eigenvalue weighted by molar-refractivity contribution is 6.32. The van der Waals surface area contributed by atoms with Gasteiger partial charge in [0.1, 0.15) is 5.75 Å². The van der Waals surface area contributed by atoms with Gasteiger partial charge in [0.25, 0.3) is 0 Å². The van der Waals surface area contributed by atoms with Crippen LogP contribution in [0, 0.1) is 0 Å². The number of benzene rings is 2. The van der Waals surface area contributed by atoms with Crippen LogP contribution < -0.4 is 10.1 Å². The fraction of sp³-hybridized carbons (Fsp3) is 0.400. The lowest BCUT2D eigenvalue weighted by atomic mass is 10.2. The van der Waals surface area contributed by atoms with Crippen LogP contribution in [0.5, 0.6) is 11.6 Å². The van der Waals surface area contributed by atoms with Crippen LogP contribution in [0.1, 0.15) is 27.9 Å². The number of pyridine rings is 1. The lowest BCUT2D eigenvalue weighted by molar-refractivity contribution is -0.137. The average molecular weight is 595 g/mol. The van der Waals surface area contributed by atoms with E-state index in [2.05, 4.69) is 34.2 Å². The van der Waals surface area contributed by atoms with E-state index in [1.807, 2.05) is 37.4 Å². The maximum Gasteiger partial charge on any atom is 0.416 e. The summed E-state index contributed by atoms with van der Waals surface area (Å²) >= 11 is 5.74. The first-order valence-corrected chi connectivity index (χ1v) is 13.5. The Kier molecular flexibility index (Phi) is 14.8. The van der Waals surface area contributed by atoms with Gasteiger partial charge in [0, 0.05) is 39.0 Å². The summed E-state index contributed by atoms with van der Waals surface area (Å²) in [7, 11) is 8.06. The Morgan fingerprint density at radius 3 is 2.44 bits per heavy atom. The summed E-state index contributed by atoms with van der Waals surface area (Å²) in [5.74, 6) is -0.0365. The Hall–Kier alpha value is -3.02. The van der Waals surface area contributed by atoms with Gasteiger partial charge in [0.15, 0.2) is 6.29 Å². The van der Waals surface area contributed by atoms with E-state index in [0.29, 0.717) is 12.9 Å². The average Bonchev–Trinajstić information content (AvgIpc) is 3.44. The number of carbonyl (C=O) groups excluding carboxylic acids is 1. The molecule has 1 fully saturated rings. The second kappa shape index (κ2) is 17.7. The zero-order valence-corrected chi connectivity index (χ0v) is 24.6. The first-order valence-electron chi connectivity index (χ1n) is 13.1. The number of nitrogens with one attached hydrogen (secondary N) is 1. The summed E-state index contributed by atoms with van der Waals surface area (Å²) in [6, 6.07) is 16.6. The van der Waals surface area contributed by atoms with E-state index in [1.165, 1.54) is 49.9 Å². The van der Waals surface area contributed by atoms with Crippen molar-refractivity contribution in [1.29, 1.82) is 0 Å². The van der Waals surface area contributed by atoms with E-state index in [1.54, 1.807) is 7.11 Å². The second-order valence-corrected chi connectivity index (χ2v) is 9.90. The standard InChI is InChI=1S/C13H7ClF3NO2.C9H21N3.C8H10O/c14-10-6-9(13(15,16)17)3-4-11(10)20-12-8(7-19)2-1-5-18-12;1-10-5-7-12-6-4-9(8-12)11(2)3;1-9-7-8-5-3-2-4-6-8/h1-7H;9-10H,4-8H2,1-3H3;2-6H,7H2,1H3. The second-order valence-electron chi connectivity index (χ2n) is 9.49. The van der Waals surface area contributed by atoms with Crippen molar-refractivity contribution in [2.24, 2.45) is 0 Å². The van der Waals surface area contributed by atoms with Crippen molar-refractivity contribution < 1.29 is 27.4 Å². The fourth-order valence-corrected chi connectivity index (χ4v) is 4.11. The molecule has 1 N–H and O–H groups in total. The van der Waals surface area contributed by atoms with Gasteiger partial charge in [-0.25, -0.2) is 4.98 Å². The highest BCUT2D eigenvalue weighted by Gasteiger charge is 2.31. The molecule has 0 aliphatic carbocycles. The maximum absolute atomic E-state index is 12.5. The Labute approximate surface area is 245 Å². The lowest BCUT2D eigenvalue weighted by Gasteiger charge is -2.20. The topological polar surface area (TPSA) is 66.9 Å². The van der Waals surface area contributed by atoms with Crippen molar-refractivity contribution in [2.75, 3.05) is 54.4 Å². The number of likely N-dealkylation sites (tertiary alicyclic amines) is 1. The zero-order chi connectivity index (χ0) is 30.3. The summed E-state index contributed by atoms with van der Waals surface area (Å²) < 4.78 is 47.6. The molecule has 1 atom stereocenters. The van der Waals surface area contributed by atoms with Gasteiger partial charge in [-0.05, 0) is 70.0 Å². The van der Waals surface area contributed by atoms with E-state index < -0.39 is 11.7 Å². The predicted molar refractivity (Wildman–Crippen MR) is 156 cm³/mol. The monoisotopic (exact) mass is 594 g/mol. The van der Waals surface area contributed by atoms with Crippen molar-refractivity contribution in [2.45, 2.75) is 25.2 Å². The largest absolute Gasteiger partial charge is 0.437 e. The number of rotatable bonds is 9. The number of hydrogen-bond acceptors (Lipinski definition) is 7. The van der Waals surface area contributed by atoms with Crippen molar-refractivity contribution in [1.82, 2.24) is 20.1 Å². The molecule has 1 saturated heterocycles. The number of aromatic nitrogens is 1. The van der Waals surface area contributed by atoms with Crippen LogP contribution in [0.15, 0.2) is 66.9 Å². The summed E-state index contributed by atoms with van der Waals surface area (Å²) in [6.45, 7) is 5.53. The third kappa shape index (κ3) is 12.2. The van der Waals surface area contributed by atoms with Crippen LogP contribution in [0.3, 0.4) is 0 Å². The number of hydrogen-bond donors (Lipinski definition) is 1. The lowest BCUT2D eigenvalue weighted by Crippen LogP contribution is -2.34. The Morgan fingerprint density at radius 1 is 1.15 bits per heavy atom. The fourth-order valence-electron chi connectivity index (χ4n) is 3.89. The minimum absolute atomic E-state index is 0.0125. The number of methoxy groups -OCH3 is 1. The van der Waals surface area contributed by atoms with Crippen LogP contribution in [0.4, 0.5) is 13.2 Å². The molecule has 41 heavy (non-hydrogen) atoms. The van der Waals surface area contributed by atoms with Crippen molar-refractivity contribution in [3.63, 3.8) is 0 Å². The third-order valence-corrected chi connectivity index (χ3v) is 6.50. The summed E-state index contributed by atoms with van der Waals surface area (Å²) in [5, 5.41) is 2.96. The molecule has 2 aromatic carbocycles. The number of likely N-dealkylation sites (N-methyl/N-ethyl adjacent to an activating group) is 2. The molecule has 0 radical (unpaired) electrons. The van der Waals surface area contributed by atoms with Crippen LogP contribution in [-0.2, 0) is 17.5 Å². The Morgan fingerprint density at radius 2 is 1.88 bits per heavy atom. The van der Waals surface area contributed by atoms with E-state index in [9.17, 15) is 18.0 Å². The minimum atomic E-state index is -4.48.